The highest BCUT2D eigenvalue weighted by Gasteiger charge is 2.08. The number of rotatable bonds is 2. The lowest BCUT2D eigenvalue weighted by Gasteiger charge is -2.12. The van der Waals surface area contributed by atoms with Crippen molar-refractivity contribution in [2.75, 3.05) is 11.1 Å². The van der Waals surface area contributed by atoms with Crippen LogP contribution in [0.1, 0.15) is 5.56 Å². The largest absolute Gasteiger partial charge is 0.397 e. The summed E-state index contributed by atoms with van der Waals surface area (Å²) >= 11 is 6.54. The summed E-state index contributed by atoms with van der Waals surface area (Å²) in [4.78, 5) is 0. The van der Waals surface area contributed by atoms with Crippen LogP contribution in [-0.2, 0) is 0 Å². The molecule has 94 valence electrons. The van der Waals surface area contributed by atoms with Gasteiger partial charge in [-0.3, -0.25) is 0 Å². The van der Waals surface area contributed by atoms with Crippen molar-refractivity contribution in [3.8, 4) is 0 Å². The molecular weight excluding hydrogens is 363 g/mol. The van der Waals surface area contributed by atoms with Crippen molar-refractivity contribution in [1.29, 1.82) is 0 Å². The lowest BCUT2D eigenvalue weighted by molar-refractivity contribution is 0.622. The van der Waals surface area contributed by atoms with Gasteiger partial charge in [-0.15, -0.1) is 0 Å². The Hall–Kier alpha value is -1.07. The molecule has 0 aromatic heterocycles. The number of benzene rings is 2. The Morgan fingerprint density at radius 2 is 1.78 bits per heavy atom. The van der Waals surface area contributed by atoms with E-state index >= 15 is 0 Å². The van der Waals surface area contributed by atoms with Gasteiger partial charge in [0, 0.05) is 10.5 Å². The predicted molar refractivity (Wildman–Crippen MR) is 80.7 cm³/mol. The summed E-state index contributed by atoms with van der Waals surface area (Å²) in [5, 5.41) is 3.12. The molecule has 0 amide bonds. The van der Waals surface area contributed by atoms with Crippen LogP contribution in [0.2, 0.25) is 0 Å². The molecule has 2 aromatic rings. The van der Waals surface area contributed by atoms with Gasteiger partial charge in [0.1, 0.15) is 5.82 Å². The normalized spacial score (nSPS) is 10.4. The SMILES string of the molecule is Cc1ccc(Br)c(Nc2cc(F)c(Br)cc2N)c1. The Balaban J connectivity index is 2.40. The van der Waals surface area contributed by atoms with E-state index in [1.54, 1.807) is 6.07 Å². The molecule has 0 radical (unpaired) electrons. The number of aryl methyl sites for hydroxylation is 1. The fourth-order valence-corrected chi connectivity index (χ4v) is 2.26. The Morgan fingerprint density at radius 1 is 1.06 bits per heavy atom. The van der Waals surface area contributed by atoms with Crippen LogP contribution in [0.4, 0.5) is 21.5 Å². The van der Waals surface area contributed by atoms with Gasteiger partial charge in [0.2, 0.25) is 0 Å². The van der Waals surface area contributed by atoms with Crippen LogP contribution in [0.25, 0.3) is 0 Å². The summed E-state index contributed by atoms with van der Waals surface area (Å²) in [6.07, 6.45) is 0. The monoisotopic (exact) mass is 372 g/mol. The molecule has 0 atom stereocenters. The van der Waals surface area contributed by atoms with Crippen LogP contribution in [-0.4, -0.2) is 0 Å². The topological polar surface area (TPSA) is 38.0 Å². The average molecular weight is 374 g/mol. The molecule has 0 saturated heterocycles. The van der Waals surface area contributed by atoms with Crippen LogP contribution < -0.4 is 11.1 Å². The zero-order valence-corrected chi connectivity index (χ0v) is 12.8. The second-order valence-corrected chi connectivity index (χ2v) is 5.67. The quantitative estimate of drug-likeness (QED) is 0.728. The predicted octanol–water partition coefficient (Wildman–Crippen LogP) is 4.98. The lowest BCUT2D eigenvalue weighted by atomic mass is 10.2. The molecule has 3 N–H and O–H groups in total. The van der Waals surface area contributed by atoms with Crippen LogP contribution in [0.3, 0.4) is 0 Å². The molecule has 0 aliphatic rings. The van der Waals surface area contributed by atoms with E-state index in [0.717, 1.165) is 15.7 Å². The fourth-order valence-electron chi connectivity index (χ4n) is 1.55. The Bertz CT molecular complexity index is 600. The first kappa shape index (κ1) is 13.4. The maximum atomic E-state index is 13.5. The van der Waals surface area contributed by atoms with Crippen molar-refractivity contribution >= 4 is 48.9 Å². The van der Waals surface area contributed by atoms with Gasteiger partial charge in [-0.05, 0) is 62.5 Å². The van der Waals surface area contributed by atoms with E-state index < -0.39 is 0 Å². The second kappa shape index (κ2) is 5.28. The summed E-state index contributed by atoms with van der Waals surface area (Å²) in [6, 6.07) is 8.79. The third-order valence-electron chi connectivity index (χ3n) is 2.48. The molecule has 2 rings (SSSR count). The highest BCUT2D eigenvalue weighted by Crippen LogP contribution is 2.32. The lowest BCUT2D eigenvalue weighted by Crippen LogP contribution is -1.98. The van der Waals surface area contributed by atoms with Crippen LogP contribution in [0.5, 0.6) is 0 Å². The van der Waals surface area contributed by atoms with Gasteiger partial charge in [-0.25, -0.2) is 4.39 Å². The molecule has 0 unspecified atom stereocenters. The molecule has 2 nitrogen and oxygen atoms in total. The summed E-state index contributed by atoms with van der Waals surface area (Å²) in [5.41, 5.74) is 8.84. The molecule has 5 heteroatoms. The summed E-state index contributed by atoms with van der Waals surface area (Å²) in [6.45, 7) is 1.99. The molecule has 0 spiro atoms. The molecule has 0 fully saturated rings. The van der Waals surface area contributed by atoms with Gasteiger partial charge in [-0.1, -0.05) is 6.07 Å². The van der Waals surface area contributed by atoms with Crippen LogP contribution in [0.15, 0.2) is 39.3 Å². The molecule has 0 heterocycles. The Morgan fingerprint density at radius 3 is 2.50 bits per heavy atom. The van der Waals surface area contributed by atoms with E-state index in [2.05, 4.69) is 37.2 Å². The maximum Gasteiger partial charge on any atom is 0.139 e. The number of nitrogens with one attached hydrogen (secondary N) is 1. The number of nitrogen functional groups attached to an aromatic ring is 1. The fraction of sp³-hybridized carbons (Fsp3) is 0.0769. The zero-order valence-electron chi connectivity index (χ0n) is 9.60. The van der Waals surface area contributed by atoms with Crippen molar-refractivity contribution in [1.82, 2.24) is 0 Å². The van der Waals surface area contributed by atoms with Gasteiger partial charge in [-0.2, -0.15) is 0 Å². The number of hydrogen-bond donors (Lipinski definition) is 2. The van der Waals surface area contributed by atoms with E-state index in [0.29, 0.717) is 15.8 Å². The minimum atomic E-state index is -0.351. The third-order valence-corrected chi connectivity index (χ3v) is 3.78. The van der Waals surface area contributed by atoms with Crippen molar-refractivity contribution in [3.05, 3.63) is 50.7 Å². The zero-order chi connectivity index (χ0) is 13.3. The third kappa shape index (κ3) is 2.84. The van der Waals surface area contributed by atoms with Gasteiger partial charge in [0.25, 0.3) is 0 Å². The number of anilines is 3. The second-order valence-electron chi connectivity index (χ2n) is 3.96. The first-order valence-electron chi connectivity index (χ1n) is 5.25. The van der Waals surface area contributed by atoms with E-state index in [4.69, 9.17) is 5.73 Å². The molecule has 0 saturated carbocycles. The highest BCUT2D eigenvalue weighted by atomic mass is 79.9. The van der Waals surface area contributed by atoms with Crippen molar-refractivity contribution in [3.63, 3.8) is 0 Å². The van der Waals surface area contributed by atoms with E-state index in [9.17, 15) is 4.39 Å². The number of halogens is 3. The minimum Gasteiger partial charge on any atom is -0.397 e. The smallest absolute Gasteiger partial charge is 0.139 e. The molecular formula is C13H11Br2FN2. The molecule has 18 heavy (non-hydrogen) atoms. The maximum absolute atomic E-state index is 13.5. The van der Waals surface area contributed by atoms with Gasteiger partial charge in [0.15, 0.2) is 0 Å². The number of hydrogen-bond acceptors (Lipinski definition) is 2. The van der Waals surface area contributed by atoms with Crippen LogP contribution >= 0.6 is 31.9 Å². The van der Waals surface area contributed by atoms with Crippen LogP contribution in [0, 0.1) is 12.7 Å². The molecule has 2 aromatic carbocycles. The first-order valence-corrected chi connectivity index (χ1v) is 6.83. The Labute approximate surface area is 122 Å². The molecule has 0 aliphatic heterocycles. The summed E-state index contributed by atoms with van der Waals surface area (Å²) < 4.78 is 14.7. The first-order chi connectivity index (χ1) is 8.47. The molecule has 0 bridgehead atoms. The Kier molecular flexibility index (Phi) is 3.92. The van der Waals surface area contributed by atoms with Crippen molar-refractivity contribution in [2.24, 2.45) is 0 Å². The highest BCUT2D eigenvalue weighted by molar-refractivity contribution is 9.10. The standard InChI is InChI=1S/C13H11Br2FN2/c1-7-2-3-8(14)12(4-7)18-13-6-10(16)9(15)5-11(13)17/h2-6,18H,17H2,1H3. The van der Waals surface area contributed by atoms with Crippen molar-refractivity contribution in [2.45, 2.75) is 6.92 Å². The van der Waals surface area contributed by atoms with Crippen molar-refractivity contribution < 1.29 is 4.39 Å². The molecule has 0 aliphatic carbocycles. The minimum absolute atomic E-state index is 0.351. The number of nitrogens with two attached hydrogens (primary N) is 1. The van der Waals surface area contributed by atoms with Gasteiger partial charge < -0.3 is 11.1 Å². The van der Waals surface area contributed by atoms with Gasteiger partial charge >= 0.3 is 0 Å². The summed E-state index contributed by atoms with van der Waals surface area (Å²) in [7, 11) is 0. The van der Waals surface area contributed by atoms with E-state index in [1.165, 1.54) is 6.07 Å². The van der Waals surface area contributed by atoms with Gasteiger partial charge in [0.05, 0.1) is 21.5 Å². The van der Waals surface area contributed by atoms with E-state index in [1.807, 2.05) is 25.1 Å². The summed E-state index contributed by atoms with van der Waals surface area (Å²) in [5.74, 6) is -0.351. The van der Waals surface area contributed by atoms with E-state index in [-0.39, 0.29) is 5.82 Å². The average Bonchev–Trinajstić information content (AvgIpc) is 2.30.